The van der Waals surface area contributed by atoms with Gasteiger partial charge in [0.05, 0.1) is 0 Å². The molecule has 6 nitrogen and oxygen atoms in total. The average molecular weight is 277 g/mol. The molecule has 106 valence electrons. The molecule has 0 bridgehead atoms. The third-order valence-electron chi connectivity index (χ3n) is 2.54. The van der Waals surface area contributed by atoms with Crippen molar-refractivity contribution in [2.75, 3.05) is 11.9 Å². The number of halogens is 3. The van der Waals surface area contributed by atoms with E-state index in [0.717, 1.165) is 12.3 Å². The predicted octanol–water partition coefficient (Wildman–Crippen LogP) is 1.46. The molecule has 0 fully saturated rings. The summed E-state index contributed by atoms with van der Waals surface area (Å²) >= 11 is 0. The number of hydrogen-bond donors (Lipinski definition) is 2. The molecule has 0 spiro atoms. The molecule has 1 atom stereocenters. The first-order valence-electron chi connectivity index (χ1n) is 5.35. The van der Waals surface area contributed by atoms with Gasteiger partial charge in [0.1, 0.15) is 11.5 Å². The Morgan fingerprint density at radius 2 is 2.21 bits per heavy atom. The van der Waals surface area contributed by atoms with E-state index in [0.29, 0.717) is 0 Å². The third kappa shape index (κ3) is 3.97. The van der Waals surface area contributed by atoms with Crippen molar-refractivity contribution in [1.82, 2.24) is 9.97 Å². The van der Waals surface area contributed by atoms with Gasteiger partial charge < -0.3 is 15.8 Å². The fourth-order valence-corrected chi connectivity index (χ4v) is 1.35. The van der Waals surface area contributed by atoms with E-state index in [9.17, 15) is 13.2 Å². The van der Waals surface area contributed by atoms with E-state index >= 15 is 0 Å². The minimum Gasteiger partial charge on any atom is -0.409 e. The first-order chi connectivity index (χ1) is 8.75. The molecule has 0 aliphatic heterocycles. The van der Waals surface area contributed by atoms with E-state index in [-0.39, 0.29) is 24.2 Å². The zero-order valence-corrected chi connectivity index (χ0v) is 10.4. The molecule has 3 N–H and O–H groups in total. The summed E-state index contributed by atoms with van der Waals surface area (Å²) in [6.45, 7) is 1.70. The highest BCUT2D eigenvalue weighted by atomic mass is 19.4. The SMILES string of the molecule is CC(CC(N)=NO)N(C)c1nccc(C(F)(F)F)n1. The Bertz CT molecular complexity index is 463. The van der Waals surface area contributed by atoms with Gasteiger partial charge in [0.2, 0.25) is 5.95 Å². The molecule has 1 rings (SSSR count). The van der Waals surface area contributed by atoms with Crippen LogP contribution in [0.3, 0.4) is 0 Å². The molecule has 0 aliphatic carbocycles. The molecule has 0 radical (unpaired) electrons. The Labute approximate surface area is 107 Å². The number of nitrogens with zero attached hydrogens (tertiary/aromatic N) is 4. The maximum atomic E-state index is 12.5. The molecular weight excluding hydrogens is 263 g/mol. The van der Waals surface area contributed by atoms with Gasteiger partial charge in [-0.2, -0.15) is 13.2 Å². The molecule has 1 aromatic rings. The number of amidine groups is 1. The fourth-order valence-electron chi connectivity index (χ4n) is 1.35. The summed E-state index contributed by atoms with van der Waals surface area (Å²) in [5, 5.41) is 11.3. The molecule has 1 aromatic heterocycles. The number of oxime groups is 1. The Kier molecular flexibility index (Phi) is 4.52. The number of rotatable bonds is 4. The van der Waals surface area contributed by atoms with Gasteiger partial charge in [-0.1, -0.05) is 5.16 Å². The van der Waals surface area contributed by atoms with Gasteiger partial charge >= 0.3 is 6.18 Å². The largest absolute Gasteiger partial charge is 0.433 e. The van der Waals surface area contributed by atoms with E-state index in [1.165, 1.54) is 11.9 Å². The van der Waals surface area contributed by atoms with Crippen LogP contribution in [0, 0.1) is 0 Å². The van der Waals surface area contributed by atoms with Gasteiger partial charge in [0.15, 0.2) is 0 Å². The van der Waals surface area contributed by atoms with Crippen molar-refractivity contribution in [1.29, 1.82) is 0 Å². The third-order valence-corrected chi connectivity index (χ3v) is 2.54. The molecule has 1 heterocycles. The highest BCUT2D eigenvalue weighted by molar-refractivity contribution is 5.80. The van der Waals surface area contributed by atoms with Gasteiger partial charge in [-0.15, -0.1) is 0 Å². The van der Waals surface area contributed by atoms with Gasteiger partial charge in [0, 0.05) is 25.7 Å². The molecular formula is C10H14F3N5O. The van der Waals surface area contributed by atoms with Crippen LogP contribution in [0.25, 0.3) is 0 Å². The number of hydrogen-bond acceptors (Lipinski definition) is 5. The number of nitrogens with two attached hydrogens (primary N) is 1. The van der Waals surface area contributed by atoms with Crippen LogP contribution >= 0.6 is 0 Å². The van der Waals surface area contributed by atoms with E-state index in [4.69, 9.17) is 10.9 Å². The topological polar surface area (TPSA) is 87.6 Å². The van der Waals surface area contributed by atoms with Crippen LogP contribution in [0.5, 0.6) is 0 Å². The highest BCUT2D eigenvalue weighted by Crippen LogP contribution is 2.28. The highest BCUT2D eigenvalue weighted by Gasteiger charge is 2.33. The van der Waals surface area contributed by atoms with Crippen molar-refractivity contribution >= 4 is 11.8 Å². The van der Waals surface area contributed by atoms with E-state index in [2.05, 4.69) is 15.1 Å². The Hall–Kier alpha value is -2.06. The normalized spacial score (nSPS) is 14.3. The van der Waals surface area contributed by atoms with Crippen molar-refractivity contribution in [3.8, 4) is 0 Å². The van der Waals surface area contributed by atoms with Crippen molar-refractivity contribution < 1.29 is 18.4 Å². The predicted molar refractivity (Wildman–Crippen MR) is 62.9 cm³/mol. The quantitative estimate of drug-likeness (QED) is 0.376. The smallest absolute Gasteiger partial charge is 0.409 e. The molecule has 0 saturated carbocycles. The van der Waals surface area contributed by atoms with Crippen LogP contribution in [0.1, 0.15) is 19.0 Å². The van der Waals surface area contributed by atoms with Gasteiger partial charge in [-0.05, 0) is 13.0 Å². The molecule has 9 heteroatoms. The van der Waals surface area contributed by atoms with Crippen LogP contribution < -0.4 is 10.6 Å². The summed E-state index contributed by atoms with van der Waals surface area (Å²) in [4.78, 5) is 8.65. The second kappa shape index (κ2) is 5.72. The lowest BCUT2D eigenvalue weighted by Crippen LogP contribution is -2.34. The Morgan fingerprint density at radius 3 is 2.74 bits per heavy atom. The van der Waals surface area contributed by atoms with Crippen molar-refractivity contribution in [3.63, 3.8) is 0 Å². The molecule has 0 saturated heterocycles. The van der Waals surface area contributed by atoms with Crippen molar-refractivity contribution in [2.24, 2.45) is 10.9 Å². The molecule has 19 heavy (non-hydrogen) atoms. The maximum absolute atomic E-state index is 12.5. The fraction of sp³-hybridized carbons (Fsp3) is 0.500. The van der Waals surface area contributed by atoms with Crippen LogP contribution in [0.15, 0.2) is 17.4 Å². The molecule has 0 aliphatic rings. The van der Waals surface area contributed by atoms with Gasteiger partial charge in [-0.25, -0.2) is 9.97 Å². The monoisotopic (exact) mass is 277 g/mol. The number of aromatic nitrogens is 2. The Morgan fingerprint density at radius 1 is 1.58 bits per heavy atom. The maximum Gasteiger partial charge on any atom is 0.433 e. The summed E-state index contributed by atoms with van der Waals surface area (Å²) < 4.78 is 37.5. The standard InChI is InChI=1S/C10H14F3N5O/c1-6(5-8(14)17-19)18(2)9-15-4-3-7(16-9)10(11,12)13/h3-4,6,19H,5H2,1-2H3,(H2,14,17). The number of alkyl halides is 3. The zero-order valence-electron chi connectivity index (χ0n) is 10.4. The number of anilines is 1. The zero-order chi connectivity index (χ0) is 14.6. The summed E-state index contributed by atoms with van der Waals surface area (Å²) in [7, 11) is 1.53. The lowest BCUT2D eigenvalue weighted by atomic mass is 10.2. The van der Waals surface area contributed by atoms with E-state index in [1.54, 1.807) is 6.92 Å². The van der Waals surface area contributed by atoms with Gasteiger partial charge in [-0.3, -0.25) is 0 Å². The van der Waals surface area contributed by atoms with Crippen LogP contribution in [0.2, 0.25) is 0 Å². The minimum absolute atomic E-state index is 0.0219. The molecule has 1 unspecified atom stereocenters. The average Bonchev–Trinajstić information content (AvgIpc) is 2.36. The van der Waals surface area contributed by atoms with Crippen LogP contribution in [0.4, 0.5) is 19.1 Å². The van der Waals surface area contributed by atoms with Crippen LogP contribution in [-0.2, 0) is 6.18 Å². The Balaban J connectivity index is 2.91. The summed E-state index contributed by atoms with van der Waals surface area (Å²) in [6.07, 6.45) is -3.31. The van der Waals surface area contributed by atoms with Crippen LogP contribution in [-0.4, -0.2) is 34.1 Å². The second-order valence-electron chi connectivity index (χ2n) is 4.00. The molecule has 0 aromatic carbocycles. The van der Waals surface area contributed by atoms with E-state index < -0.39 is 11.9 Å². The van der Waals surface area contributed by atoms with Crippen molar-refractivity contribution in [3.05, 3.63) is 18.0 Å². The van der Waals surface area contributed by atoms with Gasteiger partial charge in [0.25, 0.3) is 0 Å². The first kappa shape index (κ1) is 15.0. The second-order valence-corrected chi connectivity index (χ2v) is 4.00. The lowest BCUT2D eigenvalue weighted by molar-refractivity contribution is -0.141. The summed E-state index contributed by atoms with van der Waals surface area (Å²) in [5.74, 6) is -0.0978. The first-order valence-corrected chi connectivity index (χ1v) is 5.35. The van der Waals surface area contributed by atoms with E-state index in [1.807, 2.05) is 0 Å². The summed E-state index contributed by atoms with van der Waals surface area (Å²) in [5.41, 5.74) is 4.33. The lowest BCUT2D eigenvalue weighted by Gasteiger charge is -2.24. The van der Waals surface area contributed by atoms with Crippen molar-refractivity contribution in [2.45, 2.75) is 25.6 Å². The minimum atomic E-state index is -4.52. The molecule has 0 amide bonds. The summed E-state index contributed by atoms with van der Waals surface area (Å²) in [6, 6.07) is 0.477.